The number of anilines is 1. The standard InChI is InChI=1S/C14H24N4O/c1-11(2)16-9-12-8-15-10-14(17-12)18(6-7-19-3)13-4-5-13/h8,10-11,13,16H,4-7,9H2,1-3H3. The SMILES string of the molecule is COCCN(c1cncc(CNC(C)C)n1)C1CC1. The molecule has 106 valence electrons. The fraction of sp³-hybridized carbons (Fsp3) is 0.714. The van der Waals surface area contributed by atoms with E-state index in [0.29, 0.717) is 12.1 Å². The van der Waals surface area contributed by atoms with Crippen LogP contribution < -0.4 is 10.2 Å². The fourth-order valence-corrected chi connectivity index (χ4v) is 1.99. The molecule has 5 nitrogen and oxygen atoms in total. The first-order valence-electron chi connectivity index (χ1n) is 7.00. The van der Waals surface area contributed by atoms with Crippen LogP contribution in [0.25, 0.3) is 0 Å². The molecule has 0 atom stereocenters. The lowest BCUT2D eigenvalue weighted by atomic mass is 10.3. The van der Waals surface area contributed by atoms with Gasteiger partial charge < -0.3 is 15.0 Å². The monoisotopic (exact) mass is 264 g/mol. The zero-order chi connectivity index (χ0) is 13.7. The van der Waals surface area contributed by atoms with Crippen LogP contribution in [-0.2, 0) is 11.3 Å². The van der Waals surface area contributed by atoms with Crippen LogP contribution in [0.4, 0.5) is 5.82 Å². The molecular weight excluding hydrogens is 240 g/mol. The highest BCUT2D eigenvalue weighted by molar-refractivity contribution is 5.39. The van der Waals surface area contributed by atoms with Crippen molar-refractivity contribution in [1.82, 2.24) is 15.3 Å². The first-order valence-corrected chi connectivity index (χ1v) is 7.00. The second-order valence-corrected chi connectivity index (χ2v) is 5.32. The first kappa shape index (κ1) is 14.2. The second kappa shape index (κ2) is 6.82. The summed E-state index contributed by atoms with van der Waals surface area (Å²) in [6.45, 7) is 6.64. The molecule has 1 aliphatic carbocycles. The Morgan fingerprint density at radius 3 is 2.84 bits per heavy atom. The molecule has 1 N–H and O–H groups in total. The Balaban J connectivity index is 2.02. The normalized spacial score (nSPS) is 14.9. The molecule has 2 rings (SSSR count). The van der Waals surface area contributed by atoms with E-state index in [-0.39, 0.29) is 0 Å². The highest BCUT2D eigenvalue weighted by Crippen LogP contribution is 2.30. The summed E-state index contributed by atoms with van der Waals surface area (Å²) in [6, 6.07) is 1.08. The van der Waals surface area contributed by atoms with Gasteiger partial charge in [0.15, 0.2) is 0 Å². The van der Waals surface area contributed by atoms with E-state index < -0.39 is 0 Å². The van der Waals surface area contributed by atoms with E-state index in [1.165, 1.54) is 12.8 Å². The maximum Gasteiger partial charge on any atom is 0.147 e. The Morgan fingerprint density at radius 2 is 2.21 bits per heavy atom. The van der Waals surface area contributed by atoms with Crippen molar-refractivity contribution in [3.05, 3.63) is 18.1 Å². The molecule has 0 aromatic carbocycles. The van der Waals surface area contributed by atoms with Gasteiger partial charge in [-0.25, -0.2) is 4.98 Å². The number of hydrogen-bond acceptors (Lipinski definition) is 5. The molecule has 1 aliphatic rings. The van der Waals surface area contributed by atoms with Crippen molar-refractivity contribution in [1.29, 1.82) is 0 Å². The summed E-state index contributed by atoms with van der Waals surface area (Å²) in [5, 5.41) is 3.37. The van der Waals surface area contributed by atoms with Gasteiger partial charge in [0, 0.05) is 38.5 Å². The summed E-state index contributed by atoms with van der Waals surface area (Å²) in [4.78, 5) is 11.3. The molecule has 0 radical (unpaired) electrons. The van der Waals surface area contributed by atoms with Crippen LogP contribution in [0.1, 0.15) is 32.4 Å². The smallest absolute Gasteiger partial charge is 0.147 e. The Kier molecular flexibility index (Phi) is 5.10. The summed E-state index contributed by atoms with van der Waals surface area (Å²) >= 11 is 0. The van der Waals surface area contributed by atoms with Crippen LogP contribution in [0.2, 0.25) is 0 Å². The van der Waals surface area contributed by atoms with Crippen LogP contribution in [0.15, 0.2) is 12.4 Å². The summed E-state index contributed by atoms with van der Waals surface area (Å²) in [5.74, 6) is 0.975. The molecule has 0 amide bonds. The summed E-state index contributed by atoms with van der Waals surface area (Å²) < 4.78 is 5.18. The Morgan fingerprint density at radius 1 is 1.42 bits per heavy atom. The number of rotatable bonds is 8. The Hall–Kier alpha value is -1.20. The third-order valence-electron chi connectivity index (χ3n) is 3.18. The van der Waals surface area contributed by atoms with Gasteiger partial charge in [-0.3, -0.25) is 4.98 Å². The highest BCUT2D eigenvalue weighted by Gasteiger charge is 2.29. The maximum atomic E-state index is 5.18. The topological polar surface area (TPSA) is 50.3 Å². The summed E-state index contributed by atoms with van der Waals surface area (Å²) in [5.41, 5.74) is 0.995. The molecular formula is C14H24N4O. The van der Waals surface area contributed by atoms with Crippen LogP contribution >= 0.6 is 0 Å². The molecule has 1 saturated carbocycles. The van der Waals surface area contributed by atoms with Gasteiger partial charge in [0.25, 0.3) is 0 Å². The summed E-state index contributed by atoms with van der Waals surface area (Å²) in [7, 11) is 1.74. The van der Waals surface area contributed by atoms with Gasteiger partial charge in [-0.05, 0) is 12.8 Å². The summed E-state index contributed by atoms with van der Waals surface area (Å²) in [6.07, 6.45) is 6.19. The van der Waals surface area contributed by atoms with Crippen LogP contribution in [0, 0.1) is 0 Å². The number of methoxy groups -OCH3 is 1. The van der Waals surface area contributed by atoms with E-state index in [9.17, 15) is 0 Å². The minimum Gasteiger partial charge on any atom is -0.383 e. The van der Waals surface area contributed by atoms with Gasteiger partial charge >= 0.3 is 0 Å². The lowest BCUT2D eigenvalue weighted by molar-refractivity contribution is 0.204. The molecule has 0 bridgehead atoms. The van der Waals surface area contributed by atoms with Crippen molar-refractivity contribution in [3.63, 3.8) is 0 Å². The average molecular weight is 264 g/mol. The first-order chi connectivity index (χ1) is 9.20. The molecule has 0 saturated heterocycles. The molecule has 19 heavy (non-hydrogen) atoms. The van der Waals surface area contributed by atoms with Crippen LogP contribution in [0.5, 0.6) is 0 Å². The third-order valence-corrected chi connectivity index (χ3v) is 3.18. The molecule has 0 spiro atoms. The molecule has 0 aliphatic heterocycles. The minimum atomic E-state index is 0.457. The second-order valence-electron chi connectivity index (χ2n) is 5.32. The minimum absolute atomic E-state index is 0.457. The molecule has 1 heterocycles. The lowest BCUT2D eigenvalue weighted by Crippen LogP contribution is -2.31. The quantitative estimate of drug-likeness (QED) is 0.772. The van der Waals surface area contributed by atoms with E-state index >= 15 is 0 Å². The van der Waals surface area contributed by atoms with Gasteiger partial charge in [0.2, 0.25) is 0 Å². The number of aromatic nitrogens is 2. The number of hydrogen-bond donors (Lipinski definition) is 1. The zero-order valence-electron chi connectivity index (χ0n) is 12.1. The lowest BCUT2D eigenvalue weighted by Gasteiger charge is -2.23. The van der Waals surface area contributed by atoms with Gasteiger partial charge in [-0.2, -0.15) is 0 Å². The number of nitrogens with zero attached hydrogens (tertiary/aromatic N) is 3. The van der Waals surface area contributed by atoms with E-state index in [1.807, 2.05) is 12.4 Å². The van der Waals surface area contributed by atoms with Gasteiger partial charge in [0.1, 0.15) is 5.82 Å². The van der Waals surface area contributed by atoms with E-state index in [2.05, 4.69) is 29.0 Å². The molecule has 1 fully saturated rings. The van der Waals surface area contributed by atoms with E-state index in [4.69, 9.17) is 9.72 Å². The predicted molar refractivity (Wildman–Crippen MR) is 76.3 cm³/mol. The van der Waals surface area contributed by atoms with Gasteiger partial charge in [-0.1, -0.05) is 13.8 Å². The van der Waals surface area contributed by atoms with Crippen molar-refractivity contribution < 1.29 is 4.74 Å². The van der Waals surface area contributed by atoms with Crippen molar-refractivity contribution >= 4 is 5.82 Å². The third kappa shape index (κ3) is 4.44. The number of nitrogens with one attached hydrogen (secondary N) is 1. The highest BCUT2D eigenvalue weighted by atomic mass is 16.5. The van der Waals surface area contributed by atoms with Crippen molar-refractivity contribution in [2.24, 2.45) is 0 Å². The van der Waals surface area contributed by atoms with E-state index in [1.54, 1.807) is 7.11 Å². The predicted octanol–water partition coefficient (Wildman–Crippen LogP) is 1.59. The van der Waals surface area contributed by atoms with Crippen LogP contribution in [-0.4, -0.2) is 42.3 Å². The average Bonchev–Trinajstić information content (AvgIpc) is 3.22. The zero-order valence-corrected chi connectivity index (χ0v) is 12.1. The largest absolute Gasteiger partial charge is 0.383 e. The molecule has 0 unspecified atom stereocenters. The van der Waals surface area contributed by atoms with Gasteiger partial charge in [-0.15, -0.1) is 0 Å². The number of ether oxygens (including phenoxy) is 1. The van der Waals surface area contributed by atoms with Crippen molar-refractivity contribution in [2.75, 3.05) is 25.2 Å². The van der Waals surface area contributed by atoms with E-state index in [0.717, 1.165) is 31.2 Å². The maximum absolute atomic E-state index is 5.18. The Bertz CT molecular complexity index is 393. The van der Waals surface area contributed by atoms with Crippen molar-refractivity contribution in [3.8, 4) is 0 Å². The van der Waals surface area contributed by atoms with Crippen LogP contribution in [0.3, 0.4) is 0 Å². The van der Waals surface area contributed by atoms with Gasteiger partial charge in [0.05, 0.1) is 18.5 Å². The molecule has 1 aromatic rings. The Labute approximate surface area is 115 Å². The van der Waals surface area contributed by atoms with Crippen molar-refractivity contribution in [2.45, 2.75) is 45.3 Å². The molecule has 5 heteroatoms. The molecule has 1 aromatic heterocycles. The fourth-order valence-electron chi connectivity index (χ4n) is 1.99.